The fourth-order valence-corrected chi connectivity index (χ4v) is 2.93. The fraction of sp³-hybridized carbons (Fsp3) is 0.0476. The molecule has 1 heterocycles. The van der Waals surface area contributed by atoms with Crippen LogP contribution in [0.25, 0.3) is 22.3 Å². The molecule has 4 rings (SSSR count). The zero-order valence-electron chi connectivity index (χ0n) is 14.9. The average Bonchev–Trinajstić information content (AvgIpc) is 2.68. The first-order valence-electron chi connectivity index (χ1n) is 8.60. The Morgan fingerprint density at radius 3 is 2.45 bits per heavy atom. The Balaban J connectivity index is 1.87. The lowest BCUT2D eigenvalue weighted by Gasteiger charge is -2.13. The van der Waals surface area contributed by atoms with Crippen molar-refractivity contribution >= 4 is 28.1 Å². The summed E-state index contributed by atoms with van der Waals surface area (Å²) in [5, 5.41) is 13.4. The number of aromatic nitrogens is 2. The third-order valence-electron chi connectivity index (χ3n) is 4.28. The minimum atomic E-state index is -4.47. The number of fused-ring (bicyclic) bond motifs is 1. The molecule has 0 atom stereocenters. The minimum absolute atomic E-state index is 0.0611. The second-order valence-electron chi connectivity index (χ2n) is 6.43. The van der Waals surface area contributed by atoms with E-state index in [-0.39, 0.29) is 17.1 Å². The molecule has 0 aliphatic heterocycles. The van der Waals surface area contributed by atoms with Gasteiger partial charge in [-0.2, -0.15) is 13.2 Å². The number of alkyl halides is 3. The summed E-state index contributed by atoms with van der Waals surface area (Å²) in [6.45, 7) is 0. The Morgan fingerprint density at radius 1 is 0.897 bits per heavy atom. The van der Waals surface area contributed by atoms with Crippen LogP contribution in [-0.4, -0.2) is 15.1 Å². The lowest BCUT2D eigenvalue weighted by molar-refractivity contribution is -0.137. The van der Waals surface area contributed by atoms with E-state index >= 15 is 0 Å². The number of aromatic hydroxyl groups is 1. The van der Waals surface area contributed by atoms with Crippen LogP contribution in [0.5, 0.6) is 5.75 Å². The van der Waals surface area contributed by atoms with Gasteiger partial charge in [-0.15, -0.1) is 0 Å². The van der Waals surface area contributed by atoms with E-state index in [1.165, 1.54) is 24.3 Å². The monoisotopic (exact) mass is 396 g/mol. The van der Waals surface area contributed by atoms with Crippen molar-refractivity contribution in [2.24, 2.45) is 0 Å². The molecule has 0 spiro atoms. The van der Waals surface area contributed by atoms with E-state index in [1.54, 1.807) is 30.3 Å². The Hall–Kier alpha value is -3.81. The fourth-order valence-electron chi connectivity index (χ4n) is 2.93. The Bertz CT molecular complexity index is 1210. The molecule has 1 aromatic heterocycles. The number of anilines is 3. The first-order chi connectivity index (χ1) is 13.8. The van der Waals surface area contributed by atoms with Crippen LogP contribution in [0.2, 0.25) is 0 Å². The topological polar surface area (TPSA) is 84.1 Å². The average molecular weight is 396 g/mol. The highest BCUT2D eigenvalue weighted by molar-refractivity contribution is 5.94. The van der Waals surface area contributed by atoms with Gasteiger partial charge in [-0.05, 0) is 42.5 Å². The van der Waals surface area contributed by atoms with Gasteiger partial charge in [0.1, 0.15) is 11.6 Å². The first-order valence-corrected chi connectivity index (χ1v) is 8.60. The van der Waals surface area contributed by atoms with Gasteiger partial charge in [-0.25, -0.2) is 9.97 Å². The zero-order valence-corrected chi connectivity index (χ0v) is 14.9. The number of hydrogen-bond donors (Lipinski definition) is 3. The molecule has 0 fully saturated rings. The number of benzene rings is 3. The molecule has 0 saturated heterocycles. The SMILES string of the molecule is Nc1ccc2nc(-c3cccc(C(F)(F)F)c3)nc(Nc3cccc(O)c3)c2c1. The molecule has 0 bridgehead atoms. The summed E-state index contributed by atoms with van der Waals surface area (Å²) in [6, 6.07) is 16.3. The lowest BCUT2D eigenvalue weighted by atomic mass is 10.1. The Kier molecular flexibility index (Phi) is 4.46. The van der Waals surface area contributed by atoms with E-state index in [2.05, 4.69) is 15.3 Å². The molecular formula is C21H15F3N4O. The zero-order chi connectivity index (χ0) is 20.6. The van der Waals surface area contributed by atoms with E-state index in [1.807, 2.05) is 0 Å². The number of phenolic OH excluding ortho intramolecular Hbond substituents is 1. The van der Waals surface area contributed by atoms with Gasteiger partial charge in [0.25, 0.3) is 0 Å². The van der Waals surface area contributed by atoms with Gasteiger partial charge in [-0.3, -0.25) is 0 Å². The van der Waals surface area contributed by atoms with Crippen LogP contribution in [-0.2, 0) is 6.18 Å². The van der Waals surface area contributed by atoms with Crippen LogP contribution in [0, 0.1) is 0 Å². The summed E-state index contributed by atoms with van der Waals surface area (Å²) in [5.74, 6) is 0.558. The molecule has 29 heavy (non-hydrogen) atoms. The number of nitrogens with one attached hydrogen (secondary N) is 1. The van der Waals surface area contributed by atoms with Crippen LogP contribution in [0.1, 0.15) is 5.56 Å². The van der Waals surface area contributed by atoms with Crippen molar-refractivity contribution in [1.29, 1.82) is 0 Å². The lowest BCUT2D eigenvalue weighted by Crippen LogP contribution is -2.05. The Labute approximate surface area is 163 Å². The van der Waals surface area contributed by atoms with E-state index in [4.69, 9.17) is 5.73 Å². The third-order valence-corrected chi connectivity index (χ3v) is 4.28. The second-order valence-corrected chi connectivity index (χ2v) is 6.43. The number of nitrogen functional groups attached to an aromatic ring is 1. The molecule has 4 N–H and O–H groups in total. The standard InChI is InChI=1S/C21H15F3N4O/c22-21(23,24)13-4-1-3-12(9-13)19-27-18-8-7-14(25)10-17(18)20(28-19)26-15-5-2-6-16(29)11-15/h1-11,29H,25H2,(H,26,27,28). The molecule has 0 saturated carbocycles. The third kappa shape index (κ3) is 3.91. The number of nitrogens with two attached hydrogens (primary N) is 1. The molecule has 0 aliphatic carbocycles. The number of nitrogens with zero attached hydrogens (tertiary/aromatic N) is 2. The van der Waals surface area contributed by atoms with Crippen LogP contribution in [0.15, 0.2) is 66.7 Å². The van der Waals surface area contributed by atoms with Crippen LogP contribution in [0.4, 0.5) is 30.4 Å². The van der Waals surface area contributed by atoms with Gasteiger partial charge in [0, 0.05) is 28.4 Å². The second kappa shape index (κ2) is 6.97. The van der Waals surface area contributed by atoms with E-state index in [9.17, 15) is 18.3 Å². The van der Waals surface area contributed by atoms with Gasteiger partial charge in [-0.1, -0.05) is 18.2 Å². The summed E-state index contributed by atoms with van der Waals surface area (Å²) in [6.07, 6.45) is -4.47. The molecule has 5 nitrogen and oxygen atoms in total. The predicted molar refractivity (Wildman–Crippen MR) is 106 cm³/mol. The van der Waals surface area contributed by atoms with Crippen molar-refractivity contribution in [2.45, 2.75) is 6.18 Å². The quantitative estimate of drug-likeness (QED) is 0.407. The summed E-state index contributed by atoms with van der Waals surface area (Å²) >= 11 is 0. The van der Waals surface area contributed by atoms with Crippen molar-refractivity contribution in [3.8, 4) is 17.1 Å². The molecule has 3 aromatic carbocycles. The molecule has 4 aromatic rings. The molecule has 0 radical (unpaired) electrons. The van der Waals surface area contributed by atoms with Crippen molar-refractivity contribution in [2.75, 3.05) is 11.1 Å². The molecule has 8 heteroatoms. The van der Waals surface area contributed by atoms with Gasteiger partial charge in [0.15, 0.2) is 5.82 Å². The number of phenols is 1. The van der Waals surface area contributed by atoms with E-state index in [0.717, 1.165) is 12.1 Å². The largest absolute Gasteiger partial charge is 0.508 e. The van der Waals surface area contributed by atoms with Crippen molar-refractivity contribution in [3.63, 3.8) is 0 Å². The van der Waals surface area contributed by atoms with Crippen molar-refractivity contribution in [1.82, 2.24) is 9.97 Å². The Morgan fingerprint density at radius 2 is 1.69 bits per heavy atom. The molecule has 0 aliphatic rings. The normalized spacial score (nSPS) is 11.6. The first kappa shape index (κ1) is 18.5. The highest BCUT2D eigenvalue weighted by atomic mass is 19.4. The van der Waals surface area contributed by atoms with E-state index in [0.29, 0.717) is 28.1 Å². The minimum Gasteiger partial charge on any atom is -0.508 e. The smallest absolute Gasteiger partial charge is 0.416 e. The van der Waals surface area contributed by atoms with Crippen molar-refractivity contribution in [3.05, 3.63) is 72.3 Å². The highest BCUT2D eigenvalue weighted by Gasteiger charge is 2.30. The van der Waals surface area contributed by atoms with Gasteiger partial charge in [0.05, 0.1) is 11.1 Å². The summed E-state index contributed by atoms with van der Waals surface area (Å²) in [4.78, 5) is 8.84. The van der Waals surface area contributed by atoms with Crippen molar-refractivity contribution < 1.29 is 18.3 Å². The van der Waals surface area contributed by atoms with Crippen LogP contribution in [0.3, 0.4) is 0 Å². The molecule has 0 amide bonds. The van der Waals surface area contributed by atoms with Crippen LogP contribution < -0.4 is 11.1 Å². The number of halogens is 3. The number of hydrogen-bond acceptors (Lipinski definition) is 5. The summed E-state index contributed by atoms with van der Waals surface area (Å²) < 4.78 is 39.3. The summed E-state index contributed by atoms with van der Waals surface area (Å²) in [7, 11) is 0. The van der Waals surface area contributed by atoms with Gasteiger partial charge >= 0.3 is 6.18 Å². The van der Waals surface area contributed by atoms with Gasteiger partial charge < -0.3 is 16.2 Å². The summed E-state index contributed by atoms with van der Waals surface area (Å²) in [5.41, 5.74) is 6.90. The van der Waals surface area contributed by atoms with Crippen LogP contribution >= 0.6 is 0 Å². The molecule has 0 unspecified atom stereocenters. The maximum Gasteiger partial charge on any atom is 0.416 e. The number of rotatable bonds is 3. The van der Waals surface area contributed by atoms with E-state index < -0.39 is 11.7 Å². The predicted octanol–water partition coefficient (Wildman–Crippen LogP) is 5.35. The molecule has 146 valence electrons. The maximum absolute atomic E-state index is 13.1. The highest BCUT2D eigenvalue weighted by Crippen LogP contribution is 2.33. The van der Waals surface area contributed by atoms with Gasteiger partial charge in [0.2, 0.25) is 0 Å². The maximum atomic E-state index is 13.1. The molecular weight excluding hydrogens is 381 g/mol.